The van der Waals surface area contributed by atoms with E-state index in [4.69, 9.17) is 0 Å². The average molecular weight is 252 g/mol. The first-order chi connectivity index (χ1) is 5.45. The van der Waals surface area contributed by atoms with Gasteiger partial charge >= 0.3 is 0 Å². The quantitative estimate of drug-likeness (QED) is 0.431. The number of rotatable bonds is 6. The Kier molecular flexibility index (Phi) is 9.00. The van der Waals surface area contributed by atoms with Crippen LogP contribution in [0.3, 0.4) is 0 Å². The monoisotopic (exact) mass is 251 g/mol. The summed E-state index contributed by atoms with van der Waals surface area (Å²) in [7, 11) is 6.16. The van der Waals surface area contributed by atoms with Crippen LogP contribution in [0, 0.1) is 0 Å². The smallest absolute Gasteiger partial charge is 0.186 e. The van der Waals surface area contributed by atoms with Crippen LogP contribution in [-0.2, 0) is 4.79 Å². The van der Waals surface area contributed by atoms with Gasteiger partial charge in [-0.25, -0.2) is 0 Å². The lowest BCUT2D eigenvalue weighted by molar-refractivity contribution is -0.862. The van der Waals surface area contributed by atoms with Crippen LogP contribution < -0.4 is 17.0 Å². The fourth-order valence-corrected chi connectivity index (χ4v) is 1.18. The molecule has 3 heteroatoms. The summed E-state index contributed by atoms with van der Waals surface area (Å²) < 4.78 is 0.755. The molecule has 80 valence electrons. The zero-order valence-corrected chi connectivity index (χ0v) is 10.9. The van der Waals surface area contributed by atoms with Crippen LogP contribution in [0.25, 0.3) is 0 Å². The first-order valence-corrected chi connectivity index (χ1v) is 4.78. The van der Waals surface area contributed by atoms with Crippen LogP contribution in [0.2, 0.25) is 0 Å². The number of halogens is 1. The summed E-state index contributed by atoms with van der Waals surface area (Å²) in [6.45, 7) is 2.83. The lowest BCUT2D eigenvalue weighted by Crippen LogP contribution is -3.00. The Morgan fingerprint density at radius 3 is 2.08 bits per heavy atom. The van der Waals surface area contributed by atoms with Crippen molar-refractivity contribution in [3.05, 3.63) is 0 Å². The Bertz CT molecular complexity index is 140. The van der Waals surface area contributed by atoms with Gasteiger partial charge in [0, 0.05) is 6.42 Å². The average Bonchev–Trinajstić information content (AvgIpc) is 1.84. The van der Waals surface area contributed by atoms with Crippen LogP contribution >= 0.6 is 0 Å². The maximum atomic E-state index is 11.3. The molecule has 0 unspecified atom stereocenters. The molecule has 0 saturated carbocycles. The molecule has 0 fully saturated rings. The van der Waals surface area contributed by atoms with E-state index in [0.717, 1.165) is 17.3 Å². The second-order valence-corrected chi connectivity index (χ2v) is 4.44. The topological polar surface area (TPSA) is 17.1 Å². The summed E-state index contributed by atoms with van der Waals surface area (Å²) in [5.41, 5.74) is 0. The molecule has 0 bridgehead atoms. The highest BCUT2D eigenvalue weighted by molar-refractivity contribution is 5.79. The lowest BCUT2D eigenvalue weighted by atomic mass is 10.1. The standard InChI is InChI=1S/C10H22NO.BrH/c1-5-6-7-8-10(12)9-11(2,3)4;/h5-9H2,1-4H3;1H/q+1;/p-1. The number of unbranched alkanes of at least 4 members (excludes halogenated alkanes) is 2. The molecule has 0 rings (SSSR count). The van der Waals surface area contributed by atoms with Crippen LogP contribution in [0.5, 0.6) is 0 Å². The molecule has 0 radical (unpaired) electrons. The van der Waals surface area contributed by atoms with Crippen molar-refractivity contribution in [2.24, 2.45) is 0 Å². The van der Waals surface area contributed by atoms with Crippen molar-refractivity contribution < 1.29 is 26.3 Å². The van der Waals surface area contributed by atoms with Gasteiger partial charge in [-0.05, 0) is 6.42 Å². The molecular weight excluding hydrogens is 230 g/mol. The van der Waals surface area contributed by atoms with Crippen molar-refractivity contribution in [2.45, 2.75) is 32.6 Å². The molecular formula is C10H22BrNO. The highest BCUT2D eigenvalue weighted by atomic mass is 79.9. The van der Waals surface area contributed by atoms with Gasteiger partial charge in [-0.3, -0.25) is 4.79 Å². The molecule has 0 N–H and O–H groups in total. The molecule has 0 aliphatic heterocycles. The molecule has 0 aromatic heterocycles. The number of ketones is 1. The minimum atomic E-state index is 0. The molecule has 2 nitrogen and oxygen atoms in total. The number of hydrogen-bond acceptors (Lipinski definition) is 1. The van der Waals surface area contributed by atoms with Crippen molar-refractivity contribution in [1.82, 2.24) is 0 Å². The summed E-state index contributed by atoms with van der Waals surface area (Å²) in [5, 5.41) is 0. The van der Waals surface area contributed by atoms with Crippen molar-refractivity contribution in [3.8, 4) is 0 Å². The molecule has 0 aliphatic rings. The molecule has 0 saturated heterocycles. The third-order valence-electron chi connectivity index (χ3n) is 1.71. The van der Waals surface area contributed by atoms with Crippen molar-refractivity contribution in [3.63, 3.8) is 0 Å². The molecule has 0 aliphatic carbocycles. The number of likely N-dealkylation sites (N-methyl/N-ethyl adjacent to an activating group) is 1. The van der Waals surface area contributed by atoms with E-state index in [2.05, 4.69) is 28.1 Å². The Labute approximate surface area is 92.7 Å². The van der Waals surface area contributed by atoms with Gasteiger partial charge in [-0.2, -0.15) is 0 Å². The van der Waals surface area contributed by atoms with Gasteiger partial charge < -0.3 is 21.5 Å². The molecule has 0 aromatic carbocycles. The van der Waals surface area contributed by atoms with Gasteiger partial charge in [0.2, 0.25) is 0 Å². The van der Waals surface area contributed by atoms with E-state index in [1.165, 1.54) is 12.8 Å². The Morgan fingerprint density at radius 1 is 1.15 bits per heavy atom. The van der Waals surface area contributed by atoms with E-state index in [1.54, 1.807) is 0 Å². The maximum Gasteiger partial charge on any atom is 0.186 e. The summed E-state index contributed by atoms with van der Waals surface area (Å²) in [4.78, 5) is 11.3. The SMILES string of the molecule is CCCCCC(=O)C[N+](C)(C)C.[Br-]. The third kappa shape index (κ3) is 12.1. The fourth-order valence-electron chi connectivity index (χ4n) is 1.18. The minimum Gasteiger partial charge on any atom is -1.00 e. The van der Waals surface area contributed by atoms with Crippen molar-refractivity contribution in [1.29, 1.82) is 0 Å². The first-order valence-electron chi connectivity index (χ1n) is 4.78. The summed E-state index contributed by atoms with van der Waals surface area (Å²) in [6.07, 6.45) is 4.21. The molecule has 0 aromatic rings. The Hall–Kier alpha value is 0.110. The van der Waals surface area contributed by atoms with Gasteiger partial charge in [-0.1, -0.05) is 19.8 Å². The van der Waals surface area contributed by atoms with Gasteiger partial charge in [-0.15, -0.1) is 0 Å². The largest absolute Gasteiger partial charge is 1.00 e. The number of carbonyl (C=O) groups excluding carboxylic acids is 1. The van der Waals surface area contributed by atoms with E-state index in [-0.39, 0.29) is 17.0 Å². The van der Waals surface area contributed by atoms with E-state index in [1.807, 2.05) is 0 Å². The van der Waals surface area contributed by atoms with E-state index < -0.39 is 0 Å². The minimum absolute atomic E-state index is 0. The maximum absolute atomic E-state index is 11.3. The highest BCUT2D eigenvalue weighted by Crippen LogP contribution is 2.01. The molecule has 13 heavy (non-hydrogen) atoms. The van der Waals surface area contributed by atoms with Crippen LogP contribution in [0.15, 0.2) is 0 Å². The van der Waals surface area contributed by atoms with Crippen LogP contribution in [-0.4, -0.2) is 38.0 Å². The number of hydrogen-bond donors (Lipinski definition) is 0. The van der Waals surface area contributed by atoms with Crippen LogP contribution in [0.1, 0.15) is 32.6 Å². The Morgan fingerprint density at radius 2 is 1.69 bits per heavy atom. The second-order valence-electron chi connectivity index (χ2n) is 4.44. The van der Waals surface area contributed by atoms with Gasteiger partial charge in [0.25, 0.3) is 0 Å². The molecule has 0 heterocycles. The molecule has 0 spiro atoms. The summed E-state index contributed by atoms with van der Waals surface area (Å²) in [6, 6.07) is 0. The fraction of sp³-hybridized carbons (Fsp3) is 0.900. The predicted molar refractivity (Wildman–Crippen MR) is 52.0 cm³/mol. The highest BCUT2D eigenvalue weighted by Gasteiger charge is 2.12. The van der Waals surface area contributed by atoms with E-state index in [9.17, 15) is 4.79 Å². The third-order valence-corrected chi connectivity index (χ3v) is 1.71. The van der Waals surface area contributed by atoms with E-state index >= 15 is 0 Å². The number of nitrogens with zero attached hydrogens (tertiary/aromatic N) is 1. The van der Waals surface area contributed by atoms with Gasteiger partial charge in [0.15, 0.2) is 5.78 Å². The van der Waals surface area contributed by atoms with Crippen molar-refractivity contribution >= 4 is 5.78 Å². The number of quaternary nitrogens is 1. The lowest BCUT2D eigenvalue weighted by Gasteiger charge is -2.22. The number of carbonyl (C=O) groups is 1. The zero-order chi connectivity index (χ0) is 9.61. The zero-order valence-electron chi connectivity index (χ0n) is 9.27. The molecule has 0 amide bonds. The normalized spacial score (nSPS) is 10.8. The summed E-state index contributed by atoms with van der Waals surface area (Å²) >= 11 is 0. The summed E-state index contributed by atoms with van der Waals surface area (Å²) in [5.74, 6) is 0.399. The number of Topliss-reactive ketones (excluding diaryl/α,β-unsaturated/α-hetero) is 1. The van der Waals surface area contributed by atoms with Crippen molar-refractivity contribution in [2.75, 3.05) is 27.7 Å². The van der Waals surface area contributed by atoms with Gasteiger partial charge in [0.1, 0.15) is 6.54 Å². The van der Waals surface area contributed by atoms with E-state index in [0.29, 0.717) is 12.3 Å². The van der Waals surface area contributed by atoms with Gasteiger partial charge in [0.05, 0.1) is 21.1 Å². The van der Waals surface area contributed by atoms with Crippen LogP contribution in [0.4, 0.5) is 0 Å². The second kappa shape index (κ2) is 7.51. The Balaban J connectivity index is 0. The predicted octanol–water partition coefficient (Wildman–Crippen LogP) is -1.15. The molecule has 0 atom stereocenters. The first kappa shape index (κ1) is 15.6.